The second-order valence-electron chi connectivity index (χ2n) is 6.09. The third-order valence-electron chi connectivity index (χ3n) is 4.36. The van der Waals surface area contributed by atoms with Crippen molar-refractivity contribution in [2.75, 3.05) is 5.32 Å². The molecule has 0 radical (unpaired) electrons. The highest BCUT2D eigenvalue weighted by Crippen LogP contribution is 2.27. The third-order valence-corrected chi connectivity index (χ3v) is 4.36. The van der Waals surface area contributed by atoms with Crippen molar-refractivity contribution in [2.24, 2.45) is 7.05 Å². The molecule has 0 saturated carbocycles. The van der Waals surface area contributed by atoms with Gasteiger partial charge >= 0.3 is 0 Å². The van der Waals surface area contributed by atoms with E-state index in [4.69, 9.17) is 0 Å². The van der Waals surface area contributed by atoms with E-state index in [1.165, 1.54) is 4.68 Å². The average molecular weight is 330 g/mol. The van der Waals surface area contributed by atoms with Crippen LogP contribution in [0.5, 0.6) is 0 Å². The van der Waals surface area contributed by atoms with E-state index >= 15 is 0 Å². The van der Waals surface area contributed by atoms with Crippen LogP contribution < -0.4 is 10.9 Å². The molecule has 5 nitrogen and oxygen atoms in total. The molecule has 0 fully saturated rings. The van der Waals surface area contributed by atoms with Crippen molar-refractivity contribution in [3.63, 3.8) is 0 Å². The molecule has 0 amide bonds. The zero-order valence-corrected chi connectivity index (χ0v) is 14.1. The van der Waals surface area contributed by atoms with Gasteiger partial charge in [0, 0.05) is 34.9 Å². The van der Waals surface area contributed by atoms with Gasteiger partial charge in [0.1, 0.15) is 0 Å². The van der Waals surface area contributed by atoms with Gasteiger partial charge in [-0.05, 0) is 36.8 Å². The standard InChI is InChI=1S/C20H18N4O/c1-13-19(12-21-24(2)20(13)25)22-16-8-9-17-15(10-16)11-18(23-17)14-6-4-3-5-7-14/h3-12,22-23H,1-2H3. The number of fused-ring (bicyclic) bond motifs is 1. The van der Waals surface area contributed by atoms with Crippen molar-refractivity contribution in [3.05, 3.63) is 76.7 Å². The lowest BCUT2D eigenvalue weighted by Crippen LogP contribution is -2.22. The lowest BCUT2D eigenvalue weighted by Gasteiger charge is -2.09. The second-order valence-corrected chi connectivity index (χ2v) is 6.09. The van der Waals surface area contributed by atoms with Crippen LogP contribution >= 0.6 is 0 Å². The molecule has 0 saturated heterocycles. The van der Waals surface area contributed by atoms with E-state index in [1.54, 1.807) is 20.2 Å². The number of anilines is 2. The van der Waals surface area contributed by atoms with E-state index in [2.05, 4.69) is 39.7 Å². The van der Waals surface area contributed by atoms with Gasteiger partial charge in [-0.2, -0.15) is 5.10 Å². The van der Waals surface area contributed by atoms with Crippen LogP contribution in [0.25, 0.3) is 22.2 Å². The minimum Gasteiger partial charge on any atom is -0.355 e. The predicted molar refractivity (Wildman–Crippen MR) is 101 cm³/mol. The molecule has 0 bridgehead atoms. The highest BCUT2D eigenvalue weighted by atomic mass is 16.1. The zero-order valence-electron chi connectivity index (χ0n) is 14.1. The first kappa shape index (κ1) is 15.2. The smallest absolute Gasteiger partial charge is 0.271 e. The zero-order chi connectivity index (χ0) is 17.4. The summed E-state index contributed by atoms with van der Waals surface area (Å²) in [5.41, 5.74) is 5.50. The summed E-state index contributed by atoms with van der Waals surface area (Å²) in [5, 5.41) is 8.48. The van der Waals surface area contributed by atoms with E-state index in [9.17, 15) is 4.79 Å². The number of hydrogen-bond acceptors (Lipinski definition) is 3. The highest BCUT2D eigenvalue weighted by Gasteiger charge is 2.07. The summed E-state index contributed by atoms with van der Waals surface area (Å²) in [6.45, 7) is 1.80. The maximum atomic E-state index is 12.0. The van der Waals surface area contributed by atoms with Crippen LogP contribution in [0.4, 0.5) is 11.4 Å². The van der Waals surface area contributed by atoms with Gasteiger partial charge in [0.05, 0.1) is 11.9 Å². The van der Waals surface area contributed by atoms with Crippen molar-refractivity contribution >= 4 is 22.3 Å². The van der Waals surface area contributed by atoms with Crippen LogP contribution in [0.15, 0.2) is 65.6 Å². The number of aromatic nitrogens is 3. The summed E-state index contributed by atoms with van der Waals surface area (Å²) in [6, 6.07) is 18.4. The maximum Gasteiger partial charge on any atom is 0.271 e. The number of aryl methyl sites for hydroxylation is 1. The SMILES string of the molecule is Cc1c(Nc2ccc3[nH]c(-c4ccccc4)cc3c2)cnn(C)c1=O. The summed E-state index contributed by atoms with van der Waals surface area (Å²) in [4.78, 5) is 15.4. The lowest BCUT2D eigenvalue weighted by atomic mass is 10.1. The number of nitrogens with one attached hydrogen (secondary N) is 2. The number of benzene rings is 2. The Kier molecular flexibility index (Phi) is 3.61. The van der Waals surface area contributed by atoms with Gasteiger partial charge in [-0.15, -0.1) is 0 Å². The topological polar surface area (TPSA) is 62.7 Å². The first-order valence-electron chi connectivity index (χ1n) is 8.10. The van der Waals surface area contributed by atoms with Crippen molar-refractivity contribution in [2.45, 2.75) is 6.92 Å². The van der Waals surface area contributed by atoms with Gasteiger partial charge in [-0.3, -0.25) is 4.79 Å². The van der Waals surface area contributed by atoms with Gasteiger partial charge in [-0.1, -0.05) is 30.3 Å². The van der Waals surface area contributed by atoms with Gasteiger partial charge in [0.25, 0.3) is 5.56 Å². The van der Waals surface area contributed by atoms with Crippen LogP contribution in [0.1, 0.15) is 5.56 Å². The molecule has 2 heterocycles. The van der Waals surface area contributed by atoms with E-state index in [-0.39, 0.29) is 5.56 Å². The number of hydrogen-bond donors (Lipinski definition) is 2. The fourth-order valence-electron chi connectivity index (χ4n) is 2.92. The predicted octanol–water partition coefficient (Wildman–Crippen LogP) is 3.98. The fourth-order valence-corrected chi connectivity index (χ4v) is 2.92. The molecule has 5 heteroatoms. The van der Waals surface area contributed by atoms with Crippen molar-refractivity contribution in [1.82, 2.24) is 14.8 Å². The molecule has 4 rings (SSSR count). The molecule has 0 aliphatic rings. The molecule has 2 aromatic carbocycles. The Hall–Kier alpha value is -3.34. The number of aromatic amines is 1. The van der Waals surface area contributed by atoms with Crippen LogP contribution in [0.2, 0.25) is 0 Å². The number of H-pyrrole nitrogens is 1. The summed E-state index contributed by atoms with van der Waals surface area (Å²) in [7, 11) is 1.65. The van der Waals surface area contributed by atoms with E-state index in [1.807, 2.05) is 30.3 Å². The van der Waals surface area contributed by atoms with Gasteiger partial charge in [0.2, 0.25) is 0 Å². The Morgan fingerprint density at radius 2 is 1.88 bits per heavy atom. The van der Waals surface area contributed by atoms with E-state index in [0.29, 0.717) is 5.56 Å². The van der Waals surface area contributed by atoms with E-state index < -0.39 is 0 Å². The summed E-state index contributed by atoms with van der Waals surface area (Å²) >= 11 is 0. The molecular formula is C20H18N4O. The number of rotatable bonds is 3. The number of nitrogens with zero attached hydrogens (tertiary/aromatic N) is 2. The van der Waals surface area contributed by atoms with Gasteiger partial charge in [0.15, 0.2) is 0 Å². The average Bonchev–Trinajstić information content (AvgIpc) is 3.06. The highest BCUT2D eigenvalue weighted by molar-refractivity contribution is 5.89. The Morgan fingerprint density at radius 1 is 1.08 bits per heavy atom. The van der Waals surface area contributed by atoms with Crippen molar-refractivity contribution < 1.29 is 0 Å². The summed E-state index contributed by atoms with van der Waals surface area (Å²) < 4.78 is 1.34. The van der Waals surface area contributed by atoms with Crippen LogP contribution in [0.3, 0.4) is 0 Å². The Labute approximate surface area is 144 Å². The molecule has 0 unspecified atom stereocenters. The molecule has 0 aliphatic carbocycles. The molecule has 0 spiro atoms. The lowest BCUT2D eigenvalue weighted by molar-refractivity contribution is 0.702. The van der Waals surface area contributed by atoms with E-state index in [0.717, 1.165) is 33.5 Å². The van der Waals surface area contributed by atoms with Crippen molar-refractivity contribution in [1.29, 1.82) is 0 Å². The van der Waals surface area contributed by atoms with Gasteiger partial charge < -0.3 is 10.3 Å². The molecule has 0 atom stereocenters. The molecule has 4 aromatic rings. The third kappa shape index (κ3) is 2.80. The molecule has 25 heavy (non-hydrogen) atoms. The monoisotopic (exact) mass is 330 g/mol. The Bertz CT molecular complexity index is 1110. The molecular weight excluding hydrogens is 312 g/mol. The minimum absolute atomic E-state index is 0.0981. The maximum absolute atomic E-state index is 12.0. The van der Waals surface area contributed by atoms with Crippen LogP contribution in [0, 0.1) is 6.92 Å². The fraction of sp³-hybridized carbons (Fsp3) is 0.100. The Morgan fingerprint density at radius 3 is 2.68 bits per heavy atom. The molecule has 2 N–H and O–H groups in total. The minimum atomic E-state index is -0.0981. The quantitative estimate of drug-likeness (QED) is 0.597. The second kappa shape index (κ2) is 5.94. The normalized spacial score (nSPS) is 11.0. The first-order chi connectivity index (χ1) is 12.1. The van der Waals surface area contributed by atoms with Crippen molar-refractivity contribution in [3.8, 4) is 11.3 Å². The van der Waals surface area contributed by atoms with Crippen LogP contribution in [-0.2, 0) is 7.05 Å². The molecule has 0 aliphatic heterocycles. The van der Waals surface area contributed by atoms with Crippen LogP contribution in [-0.4, -0.2) is 14.8 Å². The summed E-state index contributed by atoms with van der Waals surface area (Å²) in [5.74, 6) is 0. The van der Waals surface area contributed by atoms with Gasteiger partial charge in [-0.25, -0.2) is 4.68 Å². The molecule has 124 valence electrons. The summed E-state index contributed by atoms with van der Waals surface area (Å²) in [6.07, 6.45) is 1.67. The Balaban J connectivity index is 1.70. The first-order valence-corrected chi connectivity index (χ1v) is 8.10. The largest absolute Gasteiger partial charge is 0.355 e. The molecule has 2 aromatic heterocycles.